The van der Waals surface area contributed by atoms with Crippen molar-refractivity contribution in [2.75, 3.05) is 6.61 Å². The molecule has 0 spiro atoms. The molecule has 1 aliphatic heterocycles. The van der Waals surface area contributed by atoms with Crippen LogP contribution in [0.2, 0.25) is 0 Å². The zero-order valence-corrected chi connectivity index (χ0v) is 22.5. The number of rotatable bonds is 11. The van der Waals surface area contributed by atoms with Gasteiger partial charge < -0.3 is 23.6 Å². The highest BCUT2D eigenvalue weighted by Gasteiger charge is 2.74. The molecule has 3 rings (SSSR count). The van der Waals surface area contributed by atoms with Crippen molar-refractivity contribution in [1.82, 2.24) is 14.6 Å². The van der Waals surface area contributed by atoms with Gasteiger partial charge in [0, 0.05) is 12.3 Å². The Labute approximate surface area is 224 Å². The van der Waals surface area contributed by atoms with Crippen LogP contribution in [0.3, 0.4) is 0 Å². The molecule has 1 aliphatic rings. The fourth-order valence-corrected chi connectivity index (χ4v) is 5.94. The molecule has 0 saturated carbocycles. The Hall–Kier alpha value is -2.62. The van der Waals surface area contributed by atoms with Gasteiger partial charge in [-0.3, -0.25) is 19.1 Å². The van der Waals surface area contributed by atoms with Crippen LogP contribution in [0.5, 0.6) is 5.75 Å². The second-order valence-corrected chi connectivity index (χ2v) is 11.9. The van der Waals surface area contributed by atoms with E-state index in [0.29, 0.717) is 10.8 Å². The Morgan fingerprint density at radius 2 is 1.87 bits per heavy atom. The SMILES string of the molecule is CC(C)OC(=O)[C@H](C)NP(=S)(OC[C@@]1(C(F)F)O[C@@H](n2ccc(=O)[nH]c2=O)[C@H](O)C1(F)F)Oc1ccccc1. The van der Waals surface area contributed by atoms with Crippen molar-refractivity contribution in [3.63, 3.8) is 0 Å². The largest absolute Gasteiger partial charge is 0.462 e. The number of benzene rings is 1. The number of aliphatic hydroxyl groups excluding tert-OH is 1. The van der Waals surface area contributed by atoms with E-state index >= 15 is 8.78 Å². The standard InChI is InChI=1S/C22H26F4N3O8PS/c1-12(2)35-18(32)13(3)28-38(39,37-14-7-5-4-6-8-14)34-11-21(19(23)24)22(25,26)16(31)17(36-21)29-10-9-15(30)27-20(29)33/h4-10,12-13,16-17,19,31H,11H2,1-3H3,(H,28,39)(H,27,30,33)/t13-,16-,17+,21-,38?/m0/s1. The van der Waals surface area contributed by atoms with Crippen LogP contribution in [0.25, 0.3) is 0 Å². The van der Waals surface area contributed by atoms with Crippen LogP contribution < -0.4 is 20.9 Å². The highest BCUT2D eigenvalue weighted by molar-refractivity contribution is 8.09. The van der Waals surface area contributed by atoms with Crippen LogP contribution in [-0.2, 0) is 30.6 Å². The van der Waals surface area contributed by atoms with E-state index in [2.05, 4.69) is 5.09 Å². The number of carbonyl (C=O) groups excluding carboxylic acids is 1. The van der Waals surface area contributed by atoms with Crippen LogP contribution in [0.15, 0.2) is 52.2 Å². The molecule has 1 aromatic heterocycles. The molecular weight excluding hydrogens is 573 g/mol. The van der Waals surface area contributed by atoms with Crippen molar-refractivity contribution in [3.05, 3.63) is 63.4 Å². The maximum atomic E-state index is 15.3. The first-order valence-electron chi connectivity index (χ1n) is 11.4. The first kappa shape index (κ1) is 30.9. The molecule has 0 amide bonds. The number of esters is 1. The van der Waals surface area contributed by atoms with Crippen molar-refractivity contribution in [3.8, 4) is 5.75 Å². The maximum absolute atomic E-state index is 15.3. The molecule has 1 saturated heterocycles. The number of halogens is 4. The van der Waals surface area contributed by atoms with Gasteiger partial charge in [-0.2, -0.15) is 8.78 Å². The normalized spacial score (nSPS) is 24.9. The lowest BCUT2D eigenvalue weighted by molar-refractivity contribution is -0.241. The van der Waals surface area contributed by atoms with E-state index in [-0.39, 0.29) is 5.75 Å². The van der Waals surface area contributed by atoms with Crippen LogP contribution in [0.1, 0.15) is 27.0 Å². The van der Waals surface area contributed by atoms with E-state index in [4.69, 9.17) is 30.3 Å². The fourth-order valence-electron chi connectivity index (χ4n) is 3.53. The van der Waals surface area contributed by atoms with Crippen molar-refractivity contribution >= 4 is 24.4 Å². The van der Waals surface area contributed by atoms with Gasteiger partial charge in [0.2, 0.25) is 5.60 Å². The minimum atomic E-state index is -4.70. The Morgan fingerprint density at radius 3 is 2.44 bits per heavy atom. The lowest BCUT2D eigenvalue weighted by Crippen LogP contribution is -2.57. The third-order valence-corrected chi connectivity index (χ3v) is 7.97. The Kier molecular flexibility index (Phi) is 9.40. The van der Waals surface area contributed by atoms with Gasteiger partial charge in [0.1, 0.15) is 11.8 Å². The number of nitrogens with zero attached hydrogens (tertiary/aromatic N) is 1. The number of aromatic amines is 1. The number of para-hydroxylation sites is 1. The van der Waals surface area contributed by atoms with Crippen LogP contribution in [-0.4, -0.2) is 63.4 Å². The zero-order chi connectivity index (χ0) is 29.2. The van der Waals surface area contributed by atoms with Gasteiger partial charge in [0.15, 0.2) is 12.3 Å². The van der Waals surface area contributed by atoms with Crippen molar-refractivity contribution in [1.29, 1.82) is 0 Å². The minimum absolute atomic E-state index is 0.0701. The molecule has 17 heteroatoms. The molecule has 39 heavy (non-hydrogen) atoms. The van der Waals surface area contributed by atoms with Crippen molar-refractivity contribution < 1.29 is 46.0 Å². The van der Waals surface area contributed by atoms with Crippen LogP contribution >= 0.6 is 6.64 Å². The van der Waals surface area contributed by atoms with Gasteiger partial charge in [-0.1, -0.05) is 18.2 Å². The second kappa shape index (κ2) is 11.9. The van der Waals surface area contributed by atoms with E-state index in [1.54, 1.807) is 37.0 Å². The summed E-state index contributed by atoms with van der Waals surface area (Å²) in [5, 5.41) is 12.8. The third-order valence-electron chi connectivity index (χ3n) is 5.49. The van der Waals surface area contributed by atoms with Gasteiger partial charge in [-0.05, 0) is 44.7 Å². The van der Waals surface area contributed by atoms with Crippen LogP contribution in [0.4, 0.5) is 17.6 Å². The molecule has 11 nitrogen and oxygen atoms in total. The smallest absolute Gasteiger partial charge is 0.330 e. The molecule has 3 N–H and O–H groups in total. The molecule has 2 aromatic rings. The molecule has 2 heterocycles. The lowest BCUT2D eigenvalue weighted by atomic mass is 9.95. The predicted octanol–water partition coefficient (Wildman–Crippen LogP) is 2.32. The number of carbonyl (C=O) groups is 1. The molecule has 5 atom stereocenters. The Morgan fingerprint density at radius 1 is 1.23 bits per heavy atom. The zero-order valence-electron chi connectivity index (χ0n) is 20.8. The maximum Gasteiger partial charge on any atom is 0.330 e. The van der Waals surface area contributed by atoms with Gasteiger partial charge in [-0.25, -0.2) is 18.7 Å². The van der Waals surface area contributed by atoms with Crippen molar-refractivity contribution in [2.45, 2.75) is 63.2 Å². The molecule has 0 bridgehead atoms. The Bertz CT molecular complexity index is 1330. The molecule has 0 aliphatic carbocycles. The number of hydrogen-bond acceptors (Lipinski definition) is 9. The summed E-state index contributed by atoms with van der Waals surface area (Å²) < 4.78 is 80.7. The molecule has 216 valence electrons. The van der Waals surface area contributed by atoms with E-state index in [0.717, 1.165) is 6.07 Å². The quantitative estimate of drug-likeness (QED) is 0.200. The summed E-state index contributed by atoms with van der Waals surface area (Å²) in [5.41, 5.74) is -6.00. The summed E-state index contributed by atoms with van der Waals surface area (Å²) in [6, 6.07) is 7.11. The topological polar surface area (TPSA) is 141 Å². The molecule has 0 radical (unpaired) electrons. The fraction of sp³-hybridized carbons (Fsp3) is 0.500. The van der Waals surface area contributed by atoms with E-state index in [1.165, 1.54) is 19.1 Å². The van der Waals surface area contributed by atoms with E-state index in [9.17, 15) is 28.3 Å². The minimum Gasteiger partial charge on any atom is -0.462 e. The molecule has 1 aromatic carbocycles. The van der Waals surface area contributed by atoms with Gasteiger partial charge in [0.25, 0.3) is 12.0 Å². The first-order valence-corrected chi connectivity index (χ1v) is 14.1. The number of alkyl halides is 4. The monoisotopic (exact) mass is 599 g/mol. The van der Waals surface area contributed by atoms with Gasteiger partial charge in [0.05, 0.1) is 12.7 Å². The molecule has 1 unspecified atom stereocenters. The highest BCUT2D eigenvalue weighted by Crippen LogP contribution is 2.54. The number of hydrogen-bond donors (Lipinski definition) is 3. The number of aliphatic hydroxyl groups is 1. The summed E-state index contributed by atoms with van der Waals surface area (Å²) in [7, 11) is 0. The number of aromatic nitrogens is 2. The predicted molar refractivity (Wildman–Crippen MR) is 132 cm³/mol. The van der Waals surface area contributed by atoms with Crippen LogP contribution in [0, 0.1) is 0 Å². The summed E-state index contributed by atoms with van der Waals surface area (Å²) in [6.07, 6.45) is -9.07. The lowest BCUT2D eigenvalue weighted by Gasteiger charge is -2.35. The number of H-pyrrole nitrogens is 1. The summed E-state index contributed by atoms with van der Waals surface area (Å²) in [6.45, 7) is -1.23. The molecule has 1 fully saturated rings. The van der Waals surface area contributed by atoms with E-state index < -0.39 is 72.9 Å². The number of ether oxygens (including phenoxy) is 2. The third kappa shape index (κ3) is 6.58. The number of nitrogens with one attached hydrogen (secondary N) is 2. The summed E-state index contributed by atoms with van der Waals surface area (Å²) in [4.78, 5) is 37.6. The average Bonchev–Trinajstić information content (AvgIpc) is 3.04. The highest BCUT2D eigenvalue weighted by atomic mass is 32.5. The van der Waals surface area contributed by atoms with Gasteiger partial charge in [-0.15, -0.1) is 0 Å². The average molecular weight is 599 g/mol. The first-order chi connectivity index (χ1) is 18.1. The van der Waals surface area contributed by atoms with E-state index in [1.807, 2.05) is 0 Å². The summed E-state index contributed by atoms with van der Waals surface area (Å²) >= 11 is 5.37. The molecular formula is C22H26F4N3O8PS. The Balaban J connectivity index is 1.96. The van der Waals surface area contributed by atoms with Gasteiger partial charge >= 0.3 is 24.2 Å². The summed E-state index contributed by atoms with van der Waals surface area (Å²) in [5.74, 6) is -5.43. The van der Waals surface area contributed by atoms with Crippen molar-refractivity contribution in [2.24, 2.45) is 0 Å². The second-order valence-electron chi connectivity index (χ2n) is 8.80.